The second-order valence-corrected chi connectivity index (χ2v) is 7.91. The van der Waals surface area contributed by atoms with Crippen LogP contribution in [-0.4, -0.2) is 23.8 Å². The summed E-state index contributed by atoms with van der Waals surface area (Å²) in [6, 6.07) is 12.6. The first-order valence-electron chi connectivity index (χ1n) is 8.85. The molecule has 7 heteroatoms. The molecule has 0 saturated heterocycles. The predicted molar refractivity (Wildman–Crippen MR) is 109 cm³/mol. The summed E-state index contributed by atoms with van der Waals surface area (Å²) < 4.78 is 0. The summed E-state index contributed by atoms with van der Waals surface area (Å²) in [5.74, 6) is -1.39. The lowest BCUT2D eigenvalue weighted by atomic mass is 9.86. The van der Waals surface area contributed by atoms with Crippen molar-refractivity contribution in [3.05, 3.63) is 70.2 Å². The van der Waals surface area contributed by atoms with E-state index in [0.717, 1.165) is 5.56 Å². The van der Waals surface area contributed by atoms with E-state index in [1.807, 2.05) is 12.1 Å². The third kappa shape index (κ3) is 5.82. The third-order valence-electron chi connectivity index (χ3n) is 4.16. The molecule has 1 unspecified atom stereocenters. The molecule has 0 aliphatic carbocycles. The molecule has 0 radical (unpaired) electrons. The van der Waals surface area contributed by atoms with Crippen LogP contribution in [0.1, 0.15) is 54.0 Å². The van der Waals surface area contributed by atoms with Crippen LogP contribution in [0.4, 0.5) is 0 Å². The molecule has 3 amide bonds. The molecule has 0 aromatic heterocycles. The van der Waals surface area contributed by atoms with Crippen molar-refractivity contribution in [2.45, 2.75) is 39.2 Å². The molecule has 0 fully saturated rings. The summed E-state index contributed by atoms with van der Waals surface area (Å²) in [4.78, 5) is 36.4. The monoisotopic (exact) mass is 401 g/mol. The van der Waals surface area contributed by atoms with Gasteiger partial charge >= 0.3 is 0 Å². The van der Waals surface area contributed by atoms with Crippen molar-refractivity contribution in [2.75, 3.05) is 0 Å². The number of benzene rings is 2. The van der Waals surface area contributed by atoms with Crippen LogP contribution >= 0.6 is 11.6 Å². The molecule has 0 saturated carbocycles. The minimum Gasteiger partial charge on any atom is -0.340 e. The van der Waals surface area contributed by atoms with Gasteiger partial charge in [-0.15, -0.1) is 0 Å². The second-order valence-electron chi connectivity index (χ2n) is 7.47. The van der Waals surface area contributed by atoms with Gasteiger partial charge in [-0.3, -0.25) is 25.2 Å². The van der Waals surface area contributed by atoms with E-state index < -0.39 is 17.9 Å². The minimum atomic E-state index is -0.833. The Bertz CT molecular complexity index is 856. The highest BCUT2D eigenvalue weighted by atomic mass is 35.5. The standard InChI is InChI=1S/C21H24ClN3O3/c1-13(18(26)24-25-20(28)15-7-11-17(22)12-8-15)23-19(27)14-5-9-16(10-6-14)21(2,3)4/h5-13H,1-4H3,(H,23,27)(H,24,26)(H,25,28). The molecule has 0 bridgehead atoms. The molecule has 3 N–H and O–H groups in total. The van der Waals surface area contributed by atoms with Crippen LogP contribution in [0, 0.1) is 0 Å². The van der Waals surface area contributed by atoms with Crippen LogP contribution in [-0.2, 0) is 10.2 Å². The van der Waals surface area contributed by atoms with Gasteiger partial charge in [-0.2, -0.15) is 0 Å². The van der Waals surface area contributed by atoms with Gasteiger partial charge in [-0.25, -0.2) is 0 Å². The van der Waals surface area contributed by atoms with Gasteiger partial charge in [-0.05, 0) is 54.3 Å². The predicted octanol–water partition coefficient (Wildman–Crippen LogP) is 3.22. The number of amides is 3. The van der Waals surface area contributed by atoms with Gasteiger partial charge in [-0.1, -0.05) is 44.5 Å². The Morgan fingerprint density at radius 3 is 1.86 bits per heavy atom. The van der Waals surface area contributed by atoms with Gasteiger partial charge < -0.3 is 5.32 Å². The van der Waals surface area contributed by atoms with Crippen molar-refractivity contribution in [2.24, 2.45) is 0 Å². The fourth-order valence-electron chi connectivity index (χ4n) is 2.37. The number of hydrazine groups is 1. The quantitative estimate of drug-likeness (QED) is 0.687. The number of carbonyl (C=O) groups is 3. The van der Waals surface area contributed by atoms with E-state index >= 15 is 0 Å². The highest BCUT2D eigenvalue weighted by Crippen LogP contribution is 2.22. The van der Waals surface area contributed by atoms with Crippen molar-refractivity contribution in [1.29, 1.82) is 0 Å². The first kappa shape index (κ1) is 21.4. The van der Waals surface area contributed by atoms with E-state index in [9.17, 15) is 14.4 Å². The zero-order valence-corrected chi connectivity index (χ0v) is 17.1. The third-order valence-corrected chi connectivity index (χ3v) is 4.41. The van der Waals surface area contributed by atoms with Crippen LogP contribution in [0.5, 0.6) is 0 Å². The Morgan fingerprint density at radius 2 is 1.32 bits per heavy atom. The largest absolute Gasteiger partial charge is 0.340 e. The van der Waals surface area contributed by atoms with Crippen LogP contribution in [0.2, 0.25) is 5.02 Å². The number of nitrogens with one attached hydrogen (secondary N) is 3. The Hall–Kier alpha value is -2.86. The van der Waals surface area contributed by atoms with E-state index in [1.54, 1.807) is 24.3 Å². The number of rotatable bonds is 4. The van der Waals surface area contributed by atoms with Crippen LogP contribution in [0.25, 0.3) is 0 Å². The first-order valence-corrected chi connectivity index (χ1v) is 9.23. The minimum absolute atomic E-state index is 0.00945. The lowest BCUT2D eigenvalue weighted by Gasteiger charge is -2.19. The lowest BCUT2D eigenvalue weighted by Crippen LogP contribution is -2.51. The van der Waals surface area contributed by atoms with Crippen molar-refractivity contribution >= 4 is 29.3 Å². The van der Waals surface area contributed by atoms with Gasteiger partial charge in [0.15, 0.2) is 0 Å². The summed E-state index contributed by atoms with van der Waals surface area (Å²) in [5.41, 5.74) is 6.50. The molecular formula is C21H24ClN3O3. The molecule has 6 nitrogen and oxygen atoms in total. The van der Waals surface area contributed by atoms with E-state index in [4.69, 9.17) is 11.6 Å². The normalized spacial score (nSPS) is 12.0. The van der Waals surface area contributed by atoms with E-state index in [-0.39, 0.29) is 11.3 Å². The molecule has 0 spiro atoms. The summed E-state index contributed by atoms with van der Waals surface area (Å²) in [7, 11) is 0. The Balaban J connectivity index is 1.88. The SMILES string of the molecule is CC(NC(=O)c1ccc(C(C)(C)C)cc1)C(=O)NNC(=O)c1ccc(Cl)cc1. The summed E-state index contributed by atoms with van der Waals surface area (Å²) in [6.07, 6.45) is 0. The Labute approximate surface area is 169 Å². The maximum Gasteiger partial charge on any atom is 0.269 e. The van der Waals surface area contributed by atoms with Gasteiger partial charge in [0.25, 0.3) is 17.7 Å². The fraction of sp³-hybridized carbons (Fsp3) is 0.286. The van der Waals surface area contributed by atoms with Gasteiger partial charge in [0.05, 0.1) is 0 Å². The Kier molecular flexibility index (Phi) is 6.80. The first-order chi connectivity index (χ1) is 13.1. The molecule has 1 atom stereocenters. The zero-order chi connectivity index (χ0) is 20.9. The zero-order valence-electron chi connectivity index (χ0n) is 16.3. The molecule has 2 aromatic rings. The number of hydrogen-bond acceptors (Lipinski definition) is 3. The van der Waals surface area contributed by atoms with E-state index in [1.165, 1.54) is 19.1 Å². The average molecular weight is 402 g/mol. The maximum absolute atomic E-state index is 12.3. The highest BCUT2D eigenvalue weighted by molar-refractivity contribution is 6.30. The van der Waals surface area contributed by atoms with Gasteiger partial charge in [0.2, 0.25) is 0 Å². The molecule has 0 aliphatic heterocycles. The van der Waals surface area contributed by atoms with Crippen molar-refractivity contribution in [3.63, 3.8) is 0 Å². The number of halogens is 1. The number of hydrogen-bond donors (Lipinski definition) is 3. The summed E-state index contributed by atoms with van der Waals surface area (Å²) >= 11 is 5.77. The number of carbonyl (C=O) groups excluding carboxylic acids is 3. The smallest absolute Gasteiger partial charge is 0.269 e. The summed E-state index contributed by atoms with van der Waals surface area (Å²) in [6.45, 7) is 7.80. The van der Waals surface area contributed by atoms with Crippen molar-refractivity contribution < 1.29 is 14.4 Å². The lowest BCUT2D eigenvalue weighted by molar-refractivity contribution is -0.123. The van der Waals surface area contributed by atoms with Crippen LogP contribution < -0.4 is 16.2 Å². The topological polar surface area (TPSA) is 87.3 Å². The Morgan fingerprint density at radius 1 is 0.821 bits per heavy atom. The van der Waals surface area contributed by atoms with Gasteiger partial charge in [0.1, 0.15) is 6.04 Å². The molecule has 0 heterocycles. The molecule has 148 valence electrons. The molecule has 2 rings (SSSR count). The van der Waals surface area contributed by atoms with Crippen LogP contribution in [0.3, 0.4) is 0 Å². The van der Waals surface area contributed by atoms with Gasteiger partial charge in [0, 0.05) is 16.1 Å². The fourth-order valence-corrected chi connectivity index (χ4v) is 2.49. The van der Waals surface area contributed by atoms with Crippen molar-refractivity contribution in [1.82, 2.24) is 16.2 Å². The molecular weight excluding hydrogens is 378 g/mol. The second kappa shape index (κ2) is 8.89. The maximum atomic E-state index is 12.3. The van der Waals surface area contributed by atoms with Crippen LogP contribution in [0.15, 0.2) is 48.5 Å². The molecule has 2 aromatic carbocycles. The summed E-state index contributed by atoms with van der Waals surface area (Å²) in [5, 5.41) is 3.11. The van der Waals surface area contributed by atoms with E-state index in [0.29, 0.717) is 16.1 Å². The molecule has 0 aliphatic rings. The average Bonchev–Trinajstić information content (AvgIpc) is 2.65. The van der Waals surface area contributed by atoms with E-state index in [2.05, 4.69) is 36.9 Å². The van der Waals surface area contributed by atoms with Crippen molar-refractivity contribution in [3.8, 4) is 0 Å². The highest BCUT2D eigenvalue weighted by Gasteiger charge is 2.19. The molecule has 28 heavy (non-hydrogen) atoms.